The Kier molecular flexibility index (Phi) is 5.40. The van der Waals surface area contributed by atoms with Crippen LogP contribution in [0.3, 0.4) is 0 Å². The third-order valence-corrected chi connectivity index (χ3v) is 10.2. The zero-order valence-corrected chi connectivity index (χ0v) is 18.1. The van der Waals surface area contributed by atoms with Crippen LogP contribution in [-0.2, 0) is 6.54 Å². The summed E-state index contributed by atoms with van der Waals surface area (Å²) in [5.41, 5.74) is 1.09. The Morgan fingerprint density at radius 3 is 1.58 bits per heavy atom. The average molecular weight is 424 g/mol. The highest BCUT2D eigenvalue weighted by Crippen LogP contribution is 2.55. The van der Waals surface area contributed by atoms with Gasteiger partial charge in [-0.25, -0.2) is 4.39 Å². The van der Waals surface area contributed by atoms with E-state index >= 15 is 0 Å². The number of nitrogens with zero attached hydrogens (tertiary/aromatic N) is 1. The van der Waals surface area contributed by atoms with Crippen LogP contribution < -0.4 is 21.2 Å². The van der Waals surface area contributed by atoms with Crippen molar-refractivity contribution >= 4 is 39.4 Å². The summed E-state index contributed by atoms with van der Waals surface area (Å²) in [5, 5.41) is 6.46. The summed E-state index contributed by atoms with van der Waals surface area (Å²) >= 11 is 0. The van der Waals surface area contributed by atoms with Gasteiger partial charge in [0.15, 0.2) is 0 Å². The Labute approximate surface area is 183 Å². The van der Waals surface area contributed by atoms with E-state index in [-0.39, 0.29) is 6.67 Å². The molecule has 0 aliphatic rings. The third kappa shape index (κ3) is 3.28. The topological polar surface area (TPSA) is 4.93 Å². The Bertz CT molecular complexity index is 1180. The summed E-state index contributed by atoms with van der Waals surface area (Å²) < 4.78 is 15.2. The van der Waals surface area contributed by atoms with Crippen molar-refractivity contribution in [1.29, 1.82) is 0 Å². The number of hydrogen-bond acceptors (Lipinski definition) is 0. The van der Waals surface area contributed by atoms with Crippen LogP contribution in [0.4, 0.5) is 4.39 Å². The van der Waals surface area contributed by atoms with Crippen LogP contribution >= 0.6 is 7.26 Å². The molecule has 152 valence electrons. The molecule has 0 aliphatic carbocycles. The highest BCUT2D eigenvalue weighted by molar-refractivity contribution is 8.01. The first-order valence-electron chi connectivity index (χ1n) is 10.6. The SMILES string of the molecule is FCCn1ccc2c([P+](c3ccccc3)(c3ccccc3)c3ccccc3)cccc21. The number of fused-ring (bicyclic) bond motifs is 1. The van der Waals surface area contributed by atoms with Crippen LogP contribution in [0.1, 0.15) is 0 Å². The molecule has 4 aromatic carbocycles. The molecule has 1 aromatic heterocycles. The summed E-state index contributed by atoms with van der Waals surface area (Å²) in [4.78, 5) is 0. The molecular formula is C28H24FNP+. The van der Waals surface area contributed by atoms with Crippen molar-refractivity contribution in [2.45, 2.75) is 6.54 Å². The van der Waals surface area contributed by atoms with Crippen LogP contribution in [0.25, 0.3) is 10.9 Å². The van der Waals surface area contributed by atoms with Gasteiger partial charge >= 0.3 is 0 Å². The van der Waals surface area contributed by atoms with E-state index in [2.05, 4.69) is 115 Å². The van der Waals surface area contributed by atoms with Crippen molar-refractivity contribution in [2.24, 2.45) is 0 Å². The zero-order valence-electron chi connectivity index (χ0n) is 17.2. The molecular weight excluding hydrogens is 400 g/mol. The number of aryl methyl sites for hydroxylation is 1. The summed E-state index contributed by atoms with van der Waals surface area (Å²) in [7, 11) is -2.16. The Morgan fingerprint density at radius 2 is 1.10 bits per heavy atom. The maximum absolute atomic E-state index is 13.2. The smallest absolute Gasteiger partial charge is 0.145 e. The monoisotopic (exact) mass is 424 g/mol. The first kappa shape index (κ1) is 19.7. The van der Waals surface area contributed by atoms with Gasteiger partial charge in [0.25, 0.3) is 0 Å². The predicted octanol–water partition coefficient (Wildman–Crippen LogP) is 5.23. The Balaban J connectivity index is 1.93. The predicted molar refractivity (Wildman–Crippen MR) is 133 cm³/mol. The molecule has 0 unspecified atom stereocenters. The minimum absolute atomic E-state index is 0.371. The molecule has 0 atom stereocenters. The second-order valence-corrected chi connectivity index (χ2v) is 11.0. The van der Waals surface area contributed by atoms with Crippen LogP contribution in [0, 0.1) is 0 Å². The largest absolute Gasteiger partial charge is 0.345 e. The summed E-state index contributed by atoms with van der Waals surface area (Å²) in [6.07, 6.45) is 2.02. The van der Waals surface area contributed by atoms with Gasteiger partial charge in [-0.3, -0.25) is 0 Å². The van der Waals surface area contributed by atoms with Gasteiger partial charge in [-0.15, -0.1) is 0 Å². The van der Waals surface area contributed by atoms with Crippen molar-refractivity contribution < 1.29 is 4.39 Å². The minimum atomic E-state index is -2.16. The van der Waals surface area contributed by atoms with Gasteiger partial charge in [0.05, 0.1) is 12.1 Å². The fourth-order valence-corrected chi connectivity index (χ4v) is 9.05. The van der Waals surface area contributed by atoms with Crippen LogP contribution in [0.5, 0.6) is 0 Å². The van der Waals surface area contributed by atoms with Gasteiger partial charge in [-0.1, -0.05) is 60.7 Å². The van der Waals surface area contributed by atoms with Crippen molar-refractivity contribution in [3.8, 4) is 0 Å². The average Bonchev–Trinajstić information content (AvgIpc) is 3.26. The van der Waals surface area contributed by atoms with Crippen molar-refractivity contribution in [3.05, 3.63) is 121 Å². The van der Waals surface area contributed by atoms with Crippen molar-refractivity contribution in [3.63, 3.8) is 0 Å². The number of benzene rings is 4. The van der Waals surface area contributed by atoms with E-state index in [1.807, 2.05) is 10.8 Å². The van der Waals surface area contributed by atoms with Crippen molar-refractivity contribution in [2.75, 3.05) is 6.67 Å². The lowest BCUT2D eigenvalue weighted by Crippen LogP contribution is -2.38. The van der Waals surface area contributed by atoms with Gasteiger partial charge in [-0.05, 0) is 54.6 Å². The number of aromatic nitrogens is 1. The highest BCUT2D eigenvalue weighted by Gasteiger charge is 2.48. The van der Waals surface area contributed by atoms with Crippen LogP contribution in [-0.4, -0.2) is 11.2 Å². The van der Waals surface area contributed by atoms with Gasteiger partial charge < -0.3 is 4.57 Å². The molecule has 0 N–H and O–H groups in total. The fraction of sp³-hybridized carbons (Fsp3) is 0.0714. The van der Waals surface area contributed by atoms with E-state index in [0.29, 0.717) is 6.54 Å². The summed E-state index contributed by atoms with van der Waals surface area (Å²) in [5.74, 6) is 0. The number of rotatable bonds is 6. The molecule has 0 bridgehead atoms. The molecule has 0 amide bonds. The first-order valence-corrected chi connectivity index (χ1v) is 12.3. The third-order valence-electron chi connectivity index (χ3n) is 5.91. The second-order valence-electron chi connectivity index (χ2n) is 7.59. The van der Waals surface area contributed by atoms with E-state index in [9.17, 15) is 4.39 Å². The second kappa shape index (κ2) is 8.49. The van der Waals surface area contributed by atoms with E-state index < -0.39 is 7.26 Å². The lowest BCUT2D eigenvalue weighted by atomic mass is 10.2. The molecule has 1 heterocycles. The molecule has 5 aromatic rings. The minimum Gasteiger partial charge on any atom is -0.345 e. The lowest BCUT2D eigenvalue weighted by molar-refractivity contribution is 0.451. The first-order chi connectivity index (χ1) is 15.4. The van der Waals surface area contributed by atoms with Crippen molar-refractivity contribution in [1.82, 2.24) is 4.57 Å². The number of alkyl halides is 1. The Morgan fingerprint density at radius 1 is 0.581 bits per heavy atom. The fourth-order valence-electron chi connectivity index (χ4n) is 4.60. The molecule has 0 saturated carbocycles. The maximum atomic E-state index is 13.2. The normalized spacial score (nSPS) is 11.6. The van der Waals surface area contributed by atoms with Crippen LogP contribution in [0.15, 0.2) is 121 Å². The standard InChI is InChI=1S/C28H24FNP/c29-20-22-30-21-19-26-27(30)17-10-18-28(26)31(23-11-4-1-5-12-23,24-13-6-2-7-14-24)25-15-8-3-9-16-25/h1-19,21H,20,22H2/q+1. The van der Waals surface area contributed by atoms with Gasteiger partial charge in [0.1, 0.15) is 35.2 Å². The lowest BCUT2D eigenvalue weighted by Gasteiger charge is -2.28. The van der Waals surface area contributed by atoms with Crippen LogP contribution in [0.2, 0.25) is 0 Å². The molecule has 3 heteroatoms. The highest BCUT2D eigenvalue weighted by atomic mass is 31.2. The zero-order chi connectivity index (χ0) is 21.1. The quantitative estimate of drug-likeness (QED) is 0.329. The van der Waals surface area contributed by atoms with Gasteiger partial charge in [0, 0.05) is 11.6 Å². The molecule has 1 nitrogen and oxygen atoms in total. The summed E-state index contributed by atoms with van der Waals surface area (Å²) in [6, 6.07) is 41.2. The van der Waals surface area contributed by atoms with Gasteiger partial charge in [0.2, 0.25) is 0 Å². The molecule has 0 spiro atoms. The molecule has 0 radical (unpaired) electrons. The van der Waals surface area contributed by atoms with E-state index in [1.54, 1.807) is 0 Å². The summed E-state index contributed by atoms with van der Waals surface area (Å²) in [6.45, 7) is 0.00472. The number of hydrogen-bond donors (Lipinski definition) is 0. The van der Waals surface area contributed by atoms with Gasteiger partial charge in [-0.2, -0.15) is 0 Å². The molecule has 0 saturated heterocycles. The maximum Gasteiger partial charge on any atom is 0.145 e. The Hall–Kier alpha value is -3.22. The molecule has 0 aliphatic heterocycles. The number of halogens is 1. The molecule has 0 fully saturated rings. The molecule has 31 heavy (non-hydrogen) atoms. The molecule has 5 rings (SSSR count). The van der Waals surface area contributed by atoms with E-state index in [0.717, 1.165) is 5.52 Å². The van der Waals surface area contributed by atoms with E-state index in [4.69, 9.17) is 0 Å². The van der Waals surface area contributed by atoms with E-state index in [1.165, 1.54) is 26.6 Å².